The van der Waals surface area contributed by atoms with E-state index in [1.807, 2.05) is 35.7 Å². The van der Waals surface area contributed by atoms with E-state index in [0.29, 0.717) is 11.4 Å². The molecule has 3 rings (SSSR count). The molecule has 0 aliphatic heterocycles. The molecule has 5 nitrogen and oxygen atoms in total. The average molecular weight is 346 g/mol. The Morgan fingerprint density at radius 1 is 1.38 bits per heavy atom. The van der Waals surface area contributed by atoms with Gasteiger partial charge in [0, 0.05) is 28.6 Å². The molecule has 0 saturated heterocycles. The summed E-state index contributed by atoms with van der Waals surface area (Å²) < 4.78 is 2.74. The molecule has 0 atom stereocenters. The fourth-order valence-electron chi connectivity index (χ4n) is 2.26. The first kappa shape index (κ1) is 13.8. The first-order chi connectivity index (χ1) is 10.1. The highest BCUT2D eigenvalue weighted by atomic mass is 79.9. The lowest BCUT2D eigenvalue weighted by molar-refractivity contribution is -0.136. The number of hydrogen-bond donors (Lipinski definition) is 1. The van der Waals surface area contributed by atoms with Crippen LogP contribution in [0.1, 0.15) is 11.3 Å². The van der Waals surface area contributed by atoms with Crippen LogP contribution in [0, 0.1) is 6.92 Å². The number of fused-ring (bicyclic) bond motifs is 1. The molecule has 3 aromatic heterocycles. The van der Waals surface area contributed by atoms with Crippen LogP contribution >= 0.6 is 15.9 Å². The number of aryl methyl sites for hydroxylation is 1. The minimum atomic E-state index is -0.885. The van der Waals surface area contributed by atoms with E-state index in [0.717, 1.165) is 21.2 Å². The zero-order valence-electron chi connectivity index (χ0n) is 11.2. The van der Waals surface area contributed by atoms with E-state index in [2.05, 4.69) is 25.9 Å². The summed E-state index contributed by atoms with van der Waals surface area (Å²) in [6, 6.07) is 5.59. The first-order valence-electron chi connectivity index (χ1n) is 6.35. The summed E-state index contributed by atoms with van der Waals surface area (Å²) >= 11 is 3.48. The van der Waals surface area contributed by atoms with Crippen molar-refractivity contribution in [1.82, 2.24) is 14.4 Å². The molecule has 1 N–H and O–H groups in total. The summed E-state index contributed by atoms with van der Waals surface area (Å²) in [6.45, 7) is 1.97. The molecule has 0 amide bonds. The van der Waals surface area contributed by atoms with Gasteiger partial charge in [0.15, 0.2) is 0 Å². The van der Waals surface area contributed by atoms with Gasteiger partial charge in [0.1, 0.15) is 5.65 Å². The summed E-state index contributed by atoms with van der Waals surface area (Å²) in [6.07, 6.45) is 5.12. The monoisotopic (exact) mass is 345 g/mol. The van der Waals surface area contributed by atoms with E-state index < -0.39 is 5.97 Å². The highest BCUT2D eigenvalue weighted by molar-refractivity contribution is 9.10. The Bertz CT molecular complexity index is 828. The maximum absolute atomic E-state index is 11.2. The van der Waals surface area contributed by atoms with Gasteiger partial charge >= 0.3 is 5.97 Å². The Balaban J connectivity index is 2.30. The third-order valence-corrected chi connectivity index (χ3v) is 4.10. The summed E-state index contributed by atoms with van der Waals surface area (Å²) in [5, 5.41) is 9.17. The number of rotatable bonds is 3. The standard InChI is InChI=1S/C15H12BrN3O2/c1-9-6-13-18-15(10-2-4-17-5-3-10)12(7-14(20)21)19(13)8-11(9)16/h2-6,8H,7H2,1H3,(H,20,21). The van der Waals surface area contributed by atoms with Crippen molar-refractivity contribution in [3.63, 3.8) is 0 Å². The second-order valence-corrected chi connectivity index (χ2v) is 5.60. The fourth-order valence-corrected chi connectivity index (χ4v) is 2.58. The highest BCUT2D eigenvalue weighted by Gasteiger charge is 2.17. The van der Waals surface area contributed by atoms with E-state index in [1.165, 1.54) is 0 Å². The van der Waals surface area contributed by atoms with Gasteiger partial charge in [0.2, 0.25) is 0 Å². The predicted molar refractivity (Wildman–Crippen MR) is 82.2 cm³/mol. The van der Waals surface area contributed by atoms with Crippen molar-refractivity contribution >= 4 is 27.5 Å². The number of imidazole rings is 1. The Hall–Kier alpha value is -2.21. The Kier molecular flexibility index (Phi) is 3.47. The van der Waals surface area contributed by atoms with Crippen molar-refractivity contribution in [3.8, 4) is 11.3 Å². The lowest BCUT2D eigenvalue weighted by Crippen LogP contribution is -2.05. The van der Waals surface area contributed by atoms with Crippen molar-refractivity contribution in [1.29, 1.82) is 0 Å². The molecule has 0 radical (unpaired) electrons. The highest BCUT2D eigenvalue weighted by Crippen LogP contribution is 2.27. The number of hydrogen-bond acceptors (Lipinski definition) is 3. The lowest BCUT2D eigenvalue weighted by Gasteiger charge is -2.04. The van der Waals surface area contributed by atoms with Crippen LogP contribution in [0.15, 0.2) is 41.3 Å². The van der Waals surface area contributed by atoms with Crippen LogP contribution in [0.2, 0.25) is 0 Å². The predicted octanol–water partition coefficient (Wildman–Crippen LogP) is 3.09. The zero-order valence-corrected chi connectivity index (χ0v) is 12.8. The zero-order chi connectivity index (χ0) is 15.0. The molecule has 0 aromatic carbocycles. The van der Waals surface area contributed by atoms with E-state index in [1.54, 1.807) is 12.4 Å². The molecule has 3 aromatic rings. The van der Waals surface area contributed by atoms with Gasteiger partial charge in [-0.3, -0.25) is 9.78 Å². The molecule has 106 valence electrons. The van der Waals surface area contributed by atoms with Gasteiger partial charge in [0.05, 0.1) is 17.8 Å². The first-order valence-corrected chi connectivity index (χ1v) is 7.15. The third kappa shape index (κ3) is 2.54. The van der Waals surface area contributed by atoms with Gasteiger partial charge in [-0.15, -0.1) is 0 Å². The topological polar surface area (TPSA) is 67.5 Å². The van der Waals surface area contributed by atoms with Crippen LogP contribution in [0.25, 0.3) is 16.9 Å². The number of carbonyl (C=O) groups is 1. The van der Waals surface area contributed by atoms with Crippen LogP contribution in [-0.4, -0.2) is 25.4 Å². The fraction of sp³-hybridized carbons (Fsp3) is 0.133. The molecular weight excluding hydrogens is 334 g/mol. The minimum Gasteiger partial charge on any atom is -0.481 e. The summed E-state index contributed by atoms with van der Waals surface area (Å²) in [7, 11) is 0. The molecule has 21 heavy (non-hydrogen) atoms. The summed E-state index contributed by atoms with van der Waals surface area (Å²) in [5.41, 5.74) is 3.98. The number of nitrogens with zero attached hydrogens (tertiary/aromatic N) is 3. The van der Waals surface area contributed by atoms with E-state index >= 15 is 0 Å². The molecule has 0 spiro atoms. The molecule has 0 aliphatic carbocycles. The average Bonchev–Trinajstić information content (AvgIpc) is 2.78. The number of carboxylic acid groups (broad SMARTS) is 1. The van der Waals surface area contributed by atoms with E-state index in [4.69, 9.17) is 0 Å². The molecular formula is C15H12BrN3O2. The van der Waals surface area contributed by atoms with Crippen LogP contribution in [-0.2, 0) is 11.2 Å². The maximum atomic E-state index is 11.2. The molecule has 6 heteroatoms. The van der Waals surface area contributed by atoms with Crippen molar-refractivity contribution in [2.24, 2.45) is 0 Å². The molecule has 0 unspecified atom stereocenters. The molecule has 0 bridgehead atoms. The van der Waals surface area contributed by atoms with Crippen molar-refractivity contribution in [2.75, 3.05) is 0 Å². The SMILES string of the molecule is Cc1cc2nc(-c3ccncc3)c(CC(=O)O)n2cc1Br. The normalized spacial score (nSPS) is 11.0. The van der Waals surface area contributed by atoms with Gasteiger partial charge in [-0.25, -0.2) is 4.98 Å². The number of halogens is 1. The Morgan fingerprint density at radius 2 is 2.10 bits per heavy atom. The third-order valence-electron chi connectivity index (χ3n) is 3.27. The minimum absolute atomic E-state index is 0.0890. The van der Waals surface area contributed by atoms with Gasteiger partial charge in [-0.1, -0.05) is 0 Å². The number of pyridine rings is 2. The van der Waals surface area contributed by atoms with Gasteiger partial charge in [-0.2, -0.15) is 0 Å². The van der Waals surface area contributed by atoms with Crippen molar-refractivity contribution in [3.05, 3.63) is 52.5 Å². The largest absolute Gasteiger partial charge is 0.481 e. The number of carboxylic acids is 1. The number of aliphatic carboxylic acids is 1. The van der Waals surface area contributed by atoms with Gasteiger partial charge in [-0.05, 0) is 46.6 Å². The lowest BCUT2D eigenvalue weighted by atomic mass is 10.1. The maximum Gasteiger partial charge on any atom is 0.309 e. The molecule has 0 saturated carbocycles. The Morgan fingerprint density at radius 3 is 2.76 bits per heavy atom. The van der Waals surface area contributed by atoms with E-state index in [9.17, 15) is 9.90 Å². The molecule has 3 heterocycles. The van der Waals surface area contributed by atoms with Crippen LogP contribution in [0.5, 0.6) is 0 Å². The summed E-state index contributed by atoms with van der Waals surface area (Å²) in [4.78, 5) is 19.8. The van der Waals surface area contributed by atoms with Crippen LogP contribution < -0.4 is 0 Å². The smallest absolute Gasteiger partial charge is 0.309 e. The van der Waals surface area contributed by atoms with Crippen LogP contribution in [0.4, 0.5) is 0 Å². The molecule has 0 fully saturated rings. The van der Waals surface area contributed by atoms with Gasteiger partial charge < -0.3 is 9.51 Å². The second-order valence-electron chi connectivity index (χ2n) is 4.75. The van der Waals surface area contributed by atoms with Crippen molar-refractivity contribution in [2.45, 2.75) is 13.3 Å². The van der Waals surface area contributed by atoms with Crippen LogP contribution in [0.3, 0.4) is 0 Å². The number of aromatic nitrogens is 3. The molecule has 0 aliphatic rings. The summed E-state index contributed by atoms with van der Waals surface area (Å²) in [5.74, 6) is -0.885. The van der Waals surface area contributed by atoms with Crippen molar-refractivity contribution < 1.29 is 9.90 Å². The Labute approximate surface area is 129 Å². The van der Waals surface area contributed by atoms with Gasteiger partial charge in [0.25, 0.3) is 0 Å². The second kappa shape index (κ2) is 5.29. The van der Waals surface area contributed by atoms with E-state index in [-0.39, 0.29) is 6.42 Å². The quantitative estimate of drug-likeness (QED) is 0.791.